The van der Waals surface area contributed by atoms with Gasteiger partial charge in [-0.15, -0.1) is 0 Å². The molecule has 0 heterocycles. The number of amides is 2. The molecule has 3 N–H and O–H groups in total. The minimum atomic E-state index is -0.682. The minimum absolute atomic E-state index is 0.105. The highest BCUT2D eigenvalue weighted by Gasteiger charge is 2.03. The molecule has 0 atom stereocenters. The summed E-state index contributed by atoms with van der Waals surface area (Å²) in [6.07, 6.45) is 18.3. The lowest BCUT2D eigenvalue weighted by Gasteiger charge is -2.06. The van der Waals surface area contributed by atoms with Gasteiger partial charge in [0.05, 0.1) is 0 Å². The molecular formula is C22H42N2O4. The number of carbonyl (C=O) groups is 3. The molecule has 28 heavy (non-hydrogen) atoms. The van der Waals surface area contributed by atoms with Gasteiger partial charge in [-0.25, -0.2) is 0 Å². The van der Waals surface area contributed by atoms with E-state index in [2.05, 4.69) is 10.9 Å². The molecule has 0 aromatic rings. The molecule has 0 bridgehead atoms. The average Bonchev–Trinajstić information content (AvgIpc) is 2.66. The molecule has 164 valence electrons. The van der Waals surface area contributed by atoms with E-state index in [4.69, 9.17) is 5.11 Å². The van der Waals surface area contributed by atoms with Crippen molar-refractivity contribution < 1.29 is 19.5 Å². The molecule has 0 radical (unpaired) electrons. The van der Waals surface area contributed by atoms with E-state index in [0.29, 0.717) is 19.3 Å². The van der Waals surface area contributed by atoms with Crippen molar-refractivity contribution in [2.75, 3.05) is 0 Å². The number of unbranched alkanes of at least 4 members (excludes halogenated alkanes) is 13. The monoisotopic (exact) mass is 398 g/mol. The number of rotatable bonds is 19. The molecule has 0 aliphatic carbocycles. The van der Waals surface area contributed by atoms with Gasteiger partial charge in [0.2, 0.25) is 11.8 Å². The van der Waals surface area contributed by atoms with Crippen LogP contribution in [0.15, 0.2) is 0 Å². The van der Waals surface area contributed by atoms with Crippen molar-refractivity contribution in [1.29, 1.82) is 0 Å². The number of carboxylic acids is 1. The van der Waals surface area contributed by atoms with Crippen LogP contribution >= 0.6 is 0 Å². The number of hydrogen-bond donors (Lipinski definition) is 3. The van der Waals surface area contributed by atoms with Gasteiger partial charge >= 0.3 is 5.97 Å². The Balaban J connectivity index is 3.18. The van der Waals surface area contributed by atoms with Gasteiger partial charge in [-0.05, 0) is 19.3 Å². The fourth-order valence-corrected chi connectivity index (χ4v) is 3.17. The molecule has 0 saturated heterocycles. The number of nitrogens with one attached hydrogen (secondary N) is 2. The zero-order valence-electron chi connectivity index (χ0n) is 17.9. The fourth-order valence-electron chi connectivity index (χ4n) is 3.17. The lowest BCUT2D eigenvalue weighted by Crippen LogP contribution is -2.41. The second-order valence-electron chi connectivity index (χ2n) is 7.69. The molecule has 0 aromatic carbocycles. The third kappa shape index (κ3) is 20.7. The lowest BCUT2D eigenvalue weighted by molar-refractivity contribution is -0.137. The third-order valence-corrected chi connectivity index (χ3v) is 4.86. The van der Waals surface area contributed by atoms with Gasteiger partial charge in [-0.3, -0.25) is 25.2 Å². The van der Waals surface area contributed by atoms with Crippen LogP contribution < -0.4 is 10.9 Å². The fraction of sp³-hybridized carbons (Fsp3) is 0.864. The van der Waals surface area contributed by atoms with Crippen LogP contribution in [-0.2, 0) is 14.4 Å². The first-order chi connectivity index (χ1) is 13.6. The Morgan fingerprint density at radius 3 is 1.21 bits per heavy atom. The highest BCUT2D eigenvalue weighted by molar-refractivity contribution is 5.81. The molecule has 0 aliphatic heterocycles. The quantitative estimate of drug-likeness (QED) is 0.204. The van der Waals surface area contributed by atoms with Crippen molar-refractivity contribution in [3.8, 4) is 0 Å². The van der Waals surface area contributed by atoms with Crippen molar-refractivity contribution in [3.05, 3.63) is 0 Å². The number of carbonyl (C=O) groups excluding carboxylic acids is 2. The summed E-state index contributed by atoms with van der Waals surface area (Å²) in [6.45, 7) is 1.93. The average molecular weight is 399 g/mol. The van der Waals surface area contributed by atoms with Crippen LogP contribution in [0.4, 0.5) is 0 Å². The first kappa shape index (κ1) is 26.4. The number of hydrazine groups is 1. The van der Waals surface area contributed by atoms with Crippen LogP contribution in [0.2, 0.25) is 0 Å². The van der Waals surface area contributed by atoms with Gasteiger partial charge in [-0.2, -0.15) is 0 Å². The summed E-state index contributed by atoms with van der Waals surface area (Å²) in [5, 5.41) is 8.56. The first-order valence-corrected chi connectivity index (χ1v) is 11.4. The maximum Gasteiger partial charge on any atom is 0.303 e. The zero-order valence-corrected chi connectivity index (χ0v) is 17.9. The van der Waals surface area contributed by atoms with Crippen molar-refractivity contribution in [2.24, 2.45) is 0 Å². The summed E-state index contributed by atoms with van der Waals surface area (Å²) in [7, 11) is 0. The Kier molecular flexibility index (Phi) is 19.0. The van der Waals surface area contributed by atoms with Crippen LogP contribution in [-0.4, -0.2) is 22.9 Å². The smallest absolute Gasteiger partial charge is 0.303 e. The van der Waals surface area contributed by atoms with Gasteiger partial charge in [-0.1, -0.05) is 84.0 Å². The van der Waals surface area contributed by atoms with Gasteiger partial charge in [0.25, 0.3) is 0 Å². The van der Waals surface area contributed by atoms with Crippen LogP contribution in [0.1, 0.15) is 122 Å². The number of hydrogen-bond acceptors (Lipinski definition) is 3. The van der Waals surface area contributed by atoms with Crippen molar-refractivity contribution in [1.82, 2.24) is 10.9 Å². The molecular weight excluding hydrogens is 356 g/mol. The molecule has 0 rings (SSSR count). The van der Waals surface area contributed by atoms with Gasteiger partial charge in [0.1, 0.15) is 0 Å². The molecule has 0 spiro atoms. The standard InChI is InChI=1S/C22H42N2O4/c1-2-17-20(25)23-24-21(26)18-15-13-11-9-7-5-3-4-6-8-10-12-14-16-19-22(27)28/h2-19H2,1H3,(H,23,25)(H,24,26)(H,27,28). The topological polar surface area (TPSA) is 95.5 Å². The Morgan fingerprint density at radius 2 is 0.857 bits per heavy atom. The van der Waals surface area contributed by atoms with Crippen molar-refractivity contribution in [2.45, 2.75) is 122 Å². The van der Waals surface area contributed by atoms with Crippen molar-refractivity contribution >= 4 is 17.8 Å². The second-order valence-corrected chi connectivity index (χ2v) is 7.69. The van der Waals surface area contributed by atoms with E-state index in [0.717, 1.165) is 38.5 Å². The summed E-state index contributed by atoms with van der Waals surface area (Å²) in [5.74, 6) is -0.920. The van der Waals surface area contributed by atoms with Gasteiger partial charge < -0.3 is 5.11 Å². The third-order valence-electron chi connectivity index (χ3n) is 4.86. The summed E-state index contributed by atoms with van der Waals surface area (Å²) >= 11 is 0. The molecule has 6 heteroatoms. The first-order valence-electron chi connectivity index (χ1n) is 11.4. The summed E-state index contributed by atoms with van der Waals surface area (Å²) in [5.41, 5.74) is 4.89. The molecule has 2 amide bonds. The largest absolute Gasteiger partial charge is 0.481 e. The Morgan fingerprint density at radius 1 is 0.536 bits per heavy atom. The summed E-state index contributed by atoms with van der Waals surface area (Å²) in [4.78, 5) is 33.2. The molecule has 0 unspecified atom stereocenters. The van der Waals surface area contributed by atoms with Gasteiger partial charge in [0.15, 0.2) is 0 Å². The molecule has 0 saturated carbocycles. The molecule has 0 aliphatic rings. The predicted molar refractivity (Wildman–Crippen MR) is 113 cm³/mol. The minimum Gasteiger partial charge on any atom is -0.481 e. The highest BCUT2D eigenvalue weighted by Crippen LogP contribution is 2.13. The maximum atomic E-state index is 11.6. The molecule has 0 fully saturated rings. The molecule has 0 aromatic heterocycles. The predicted octanol–water partition coefficient (Wildman–Crippen LogP) is 5.26. The lowest BCUT2D eigenvalue weighted by atomic mass is 10.0. The second kappa shape index (κ2) is 20.2. The number of aliphatic carboxylic acids is 1. The highest BCUT2D eigenvalue weighted by atomic mass is 16.4. The van der Waals surface area contributed by atoms with Gasteiger partial charge in [0, 0.05) is 19.3 Å². The van der Waals surface area contributed by atoms with Crippen molar-refractivity contribution in [3.63, 3.8) is 0 Å². The maximum absolute atomic E-state index is 11.6. The number of carboxylic acid groups (broad SMARTS) is 1. The van der Waals surface area contributed by atoms with E-state index in [-0.39, 0.29) is 11.8 Å². The SMILES string of the molecule is CCCC(=O)NNC(=O)CCCCCCCCCCCCCCCCC(=O)O. The Labute approximate surface area is 171 Å². The van der Waals surface area contributed by atoms with Crippen LogP contribution in [0.5, 0.6) is 0 Å². The summed E-state index contributed by atoms with van der Waals surface area (Å²) in [6, 6.07) is 0. The van der Waals surface area contributed by atoms with Crippen LogP contribution in [0.25, 0.3) is 0 Å². The molecule has 6 nitrogen and oxygen atoms in total. The van der Waals surface area contributed by atoms with E-state index in [1.54, 1.807) is 0 Å². The van der Waals surface area contributed by atoms with E-state index in [1.165, 1.54) is 57.8 Å². The summed E-state index contributed by atoms with van der Waals surface area (Å²) < 4.78 is 0. The van der Waals surface area contributed by atoms with E-state index >= 15 is 0 Å². The normalized spacial score (nSPS) is 10.6. The van der Waals surface area contributed by atoms with Crippen LogP contribution in [0.3, 0.4) is 0 Å². The van der Waals surface area contributed by atoms with E-state index in [9.17, 15) is 14.4 Å². The Bertz CT molecular complexity index is 413. The Hall–Kier alpha value is -1.59. The van der Waals surface area contributed by atoms with E-state index < -0.39 is 5.97 Å². The van der Waals surface area contributed by atoms with E-state index in [1.807, 2.05) is 6.92 Å². The van der Waals surface area contributed by atoms with Crippen LogP contribution in [0, 0.1) is 0 Å². The zero-order chi connectivity index (χ0) is 20.9.